The third-order valence-corrected chi connectivity index (χ3v) is 4.75. The fourth-order valence-electron chi connectivity index (χ4n) is 3.61. The highest BCUT2D eigenvalue weighted by atomic mass is 16.5. The molecule has 1 aromatic heterocycles. The quantitative estimate of drug-likeness (QED) is 0.381. The summed E-state index contributed by atoms with van der Waals surface area (Å²) >= 11 is 0. The van der Waals surface area contributed by atoms with Crippen molar-refractivity contribution >= 4 is 16.9 Å². The van der Waals surface area contributed by atoms with E-state index < -0.39 is 0 Å². The summed E-state index contributed by atoms with van der Waals surface area (Å²) in [7, 11) is 0. The van der Waals surface area contributed by atoms with Crippen molar-refractivity contribution in [2.24, 2.45) is 0 Å². The summed E-state index contributed by atoms with van der Waals surface area (Å²) in [5, 5.41) is 10.8. The summed E-state index contributed by atoms with van der Waals surface area (Å²) in [6, 6.07) is 15.9. The van der Waals surface area contributed by atoms with Crippen molar-refractivity contribution in [2.45, 2.75) is 39.8 Å². The number of aromatic nitrogens is 1. The number of hydrogen-bond donors (Lipinski definition) is 0. The molecule has 2 aromatic carbocycles. The largest absolute Gasteiger partial charge is 0.491 e. The van der Waals surface area contributed by atoms with Crippen molar-refractivity contribution in [3.63, 3.8) is 0 Å². The second kappa shape index (κ2) is 9.32. The Kier molecular flexibility index (Phi) is 6.58. The molecule has 1 heterocycles. The van der Waals surface area contributed by atoms with Crippen LogP contribution in [0.4, 0.5) is 0 Å². The smallest absolute Gasteiger partial charge is 0.310 e. The normalized spacial score (nSPS) is 10.8. The predicted molar refractivity (Wildman–Crippen MR) is 118 cm³/mol. The van der Waals surface area contributed by atoms with Gasteiger partial charge in [-0.15, -0.1) is 0 Å². The number of ether oxygens (including phenoxy) is 2. The molecule has 0 atom stereocenters. The molecule has 30 heavy (non-hydrogen) atoms. The van der Waals surface area contributed by atoms with Gasteiger partial charge in [-0.25, -0.2) is 0 Å². The van der Waals surface area contributed by atoms with Gasteiger partial charge < -0.3 is 14.0 Å². The van der Waals surface area contributed by atoms with Crippen molar-refractivity contribution in [3.8, 4) is 23.1 Å². The second-order valence-corrected chi connectivity index (χ2v) is 7.27. The topological polar surface area (TPSA) is 64.2 Å². The minimum Gasteiger partial charge on any atom is -0.491 e. The number of fused-ring (bicyclic) bond motifs is 1. The van der Waals surface area contributed by atoms with E-state index in [0.717, 1.165) is 33.5 Å². The van der Waals surface area contributed by atoms with Crippen LogP contribution in [0, 0.1) is 11.3 Å². The first-order valence-corrected chi connectivity index (χ1v) is 10.1. The molecule has 3 rings (SSSR count). The maximum atomic E-state index is 12.0. The summed E-state index contributed by atoms with van der Waals surface area (Å²) in [6.07, 6.45) is 1.78. The SMILES string of the molecule is C=CCOC(=O)Cc1cccc(-c2c(C#N)c3ccc(OC(C)C)cc3n2CC)c1. The van der Waals surface area contributed by atoms with Crippen LogP contribution in [0.3, 0.4) is 0 Å². The number of aryl methyl sites for hydroxylation is 1. The van der Waals surface area contributed by atoms with Crippen molar-refractivity contribution in [3.05, 3.63) is 66.2 Å². The van der Waals surface area contributed by atoms with Gasteiger partial charge >= 0.3 is 5.97 Å². The maximum Gasteiger partial charge on any atom is 0.310 e. The Morgan fingerprint density at radius 1 is 1.27 bits per heavy atom. The van der Waals surface area contributed by atoms with Gasteiger partial charge in [-0.1, -0.05) is 30.9 Å². The molecule has 0 aliphatic rings. The molecule has 154 valence electrons. The Bertz CT molecular complexity index is 1120. The molecule has 0 saturated carbocycles. The number of nitriles is 1. The maximum absolute atomic E-state index is 12.0. The Balaban J connectivity index is 2.09. The van der Waals surface area contributed by atoms with E-state index in [1.807, 2.05) is 56.3 Å². The number of carbonyl (C=O) groups excluding carboxylic acids is 1. The predicted octanol–water partition coefficient (Wildman–Crippen LogP) is 5.26. The van der Waals surface area contributed by atoms with E-state index in [1.165, 1.54) is 0 Å². The van der Waals surface area contributed by atoms with Crippen molar-refractivity contribution in [1.82, 2.24) is 4.57 Å². The average molecular weight is 402 g/mol. The van der Waals surface area contributed by atoms with Gasteiger partial charge in [-0.3, -0.25) is 4.79 Å². The van der Waals surface area contributed by atoms with Crippen LogP contribution in [0.15, 0.2) is 55.1 Å². The summed E-state index contributed by atoms with van der Waals surface area (Å²) in [6.45, 7) is 10.5. The molecule has 3 aromatic rings. The zero-order valence-electron chi connectivity index (χ0n) is 17.6. The molecule has 0 saturated heterocycles. The minimum atomic E-state index is -0.306. The molecule has 0 radical (unpaired) electrons. The van der Waals surface area contributed by atoms with Crippen LogP contribution in [0.5, 0.6) is 5.75 Å². The van der Waals surface area contributed by atoms with Crippen LogP contribution < -0.4 is 4.74 Å². The fraction of sp³-hybridized carbons (Fsp3) is 0.280. The molecule has 0 aliphatic carbocycles. The molecule has 5 heteroatoms. The zero-order valence-corrected chi connectivity index (χ0v) is 17.6. The van der Waals surface area contributed by atoms with Crippen LogP contribution in [0.25, 0.3) is 22.2 Å². The first-order chi connectivity index (χ1) is 14.5. The second-order valence-electron chi connectivity index (χ2n) is 7.27. The van der Waals surface area contributed by atoms with Gasteiger partial charge in [-0.05, 0) is 50.1 Å². The van der Waals surface area contributed by atoms with E-state index in [0.29, 0.717) is 12.1 Å². The van der Waals surface area contributed by atoms with E-state index in [1.54, 1.807) is 6.08 Å². The van der Waals surface area contributed by atoms with E-state index >= 15 is 0 Å². The zero-order chi connectivity index (χ0) is 21.7. The molecular weight excluding hydrogens is 376 g/mol. The standard InChI is InChI=1S/C25H26N2O3/c1-5-12-29-24(28)14-18-8-7-9-19(13-18)25-22(16-26)21-11-10-20(30-17(3)4)15-23(21)27(25)6-2/h5,7-11,13,15,17H,1,6,12,14H2,2-4H3. The lowest BCUT2D eigenvalue weighted by atomic mass is 10.0. The molecule has 0 amide bonds. The summed E-state index contributed by atoms with van der Waals surface area (Å²) in [5.74, 6) is 0.471. The molecule has 0 aliphatic heterocycles. The molecule has 0 fully saturated rings. The van der Waals surface area contributed by atoms with Gasteiger partial charge in [0.2, 0.25) is 0 Å². The van der Waals surface area contributed by atoms with Crippen LogP contribution in [-0.4, -0.2) is 23.2 Å². The van der Waals surface area contributed by atoms with Crippen molar-refractivity contribution in [2.75, 3.05) is 6.61 Å². The third-order valence-electron chi connectivity index (χ3n) is 4.75. The highest BCUT2D eigenvalue weighted by Gasteiger charge is 2.19. The molecule has 0 bridgehead atoms. The number of hydrogen-bond acceptors (Lipinski definition) is 4. The first-order valence-electron chi connectivity index (χ1n) is 10.1. The molecule has 0 N–H and O–H groups in total. The van der Waals surface area contributed by atoms with Crippen LogP contribution in [-0.2, 0) is 22.5 Å². The number of nitrogens with zero attached hydrogens (tertiary/aromatic N) is 2. The van der Waals surface area contributed by atoms with Gasteiger partial charge in [0.1, 0.15) is 18.4 Å². The summed E-state index contributed by atoms with van der Waals surface area (Å²) in [5.41, 5.74) is 4.15. The van der Waals surface area contributed by atoms with Crippen molar-refractivity contribution in [1.29, 1.82) is 5.26 Å². The Morgan fingerprint density at radius 3 is 2.73 bits per heavy atom. The Labute approximate surface area is 177 Å². The van der Waals surface area contributed by atoms with E-state index in [9.17, 15) is 10.1 Å². The van der Waals surface area contributed by atoms with Gasteiger partial charge in [0.15, 0.2) is 0 Å². The fourth-order valence-corrected chi connectivity index (χ4v) is 3.61. The van der Waals surface area contributed by atoms with E-state index in [4.69, 9.17) is 9.47 Å². The third kappa shape index (κ3) is 4.38. The minimum absolute atomic E-state index is 0.0694. The van der Waals surface area contributed by atoms with Crippen LogP contribution in [0.1, 0.15) is 31.9 Å². The lowest BCUT2D eigenvalue weighted by Gasteiger charge is -2.12. The van der Waals surface area contributed by atoms with E-state index in [2.05, 4.69) is 24.1 Å². The Hall–Kier alpha value is -3.52. The van der Waals surface area contributed by atoms with Gasteiger partial charge in [0.25, 0.3) is 0 Å². The molecule has 5 nitrogen and oxygen atoms in total. The number of carbonyl (C=O) groups is 1. The highest BCUT2D eigenvalue weighted by Crippen LogP contribution is 2.35. The van der Waals surface area contributed by atoms with Crippen LogP contribution >= 0.6 is 0 Å². The molecule has 0 spiro atoms. The summed E-state index contributed by atoms with van der Waals surface area (Å²) in [4.78, 5) is 12.0. The van der Waals surface area contributed by atoms with E-state index in [-0.39, 0.29) is 25.1 Å². The van der Waals surface area contributed by atoms with Gasteiger partial charge in [0, 0.05) is 18.0 Å². The van der Waals surface area contributed by atoms with Crippen molar-refractivity contribution < 1.29 is 14.3 Å². The highest BCUT2D eigenvalue weighted by molar-refractivity contribution is 5.95. The number of benzene rings is 2. The lowest BCUT2D eigenvalue weighted by molar-refractivity contribution is -0.141. The van der Waals surface area contributed by atoms with Gasteiger partial charge in [0.05, 0.1) is 29.3 Å². The Morgan fingerprint density at radius 2 is 2.07 bits per heavy atom. The molecular formula is C25H26N2O3. The average Bonchev–Trinajstić information content (AvgIpc) is 3.04. The monoisotopic (exact) mass is 402 g/mol. The number of esters is 1. The van der Waals surface area contributed by atoms with Gasteiger partial charge in [-0.2, -0.15) is 5.26 Å². The number of rotatable bonds is 8. The lowest BCUT2D eigenvalue weighted by Crippen LogP contribution is -2.08. The summed E-state index contributed by atoms with van der Waals surface area (Å²) < 4.78 is 13.1. The first kappa shape index (κ1) is 21.2. The molecule has 0 unspecified atom stereocenters. The van der Waals surface area contributed by atoms with Crippen LogP contribution in [0.2, 0.25) is 0 Å².